The van der Waals surface area contributed by atoms with Gasteiger partial charge in [0.15, 0.2) is 0 Å². The Balaban J connectivity index is 1.53. The first kappa shape index (κ1) is 15.8. The van der Waals surface area contributed by atoms with Crippen molar-refractivity contribution in [3.63, 3.8) is 0 Å². The molecule has 1 aliphatic rings. The molecule has 1 fully saturated rings. The van der Waals surface area contributed by atoms with Gasteiger partial charge in [-0.05, 0) is 28.8 Å². The summed E-state index contributed by atoms with van der Waals surface area (Å²) in [7, 11) is 1.76. The number of carbonyl (C=O) groups is 1. The molecular weight excluding hydrogens is 314 g/mol. The number of nitrogens with zero attached hydrogens (tertiary/aromatic N) is 3. The van der Waals surface area contributed by atoms with Crippen molar-refractivity contribution in [2.45, 2.75) is 18.4 Å². The van der Waals surface area contributed by atoms with Gasteiger partial charge in [-0.15, -0.1) is 0 Å². The van der Waals surface area contributed by atoms with Crippen molar-refractivity contribution in [3.05, 3.63) is 66.0 Å². The van der Waals surface area contributed by atoms with Gasteiger partial charge in [-0.2, -0.15) is 5.10 Å². The summed E-state index contributed by atoms with van der Waals surface area (Å²) < 4.78 is 1.57. The van der Waals surface area contributed by atoms with Gasteiger partial charge in [-0.3, -0.25) is 9.48 Å². The minimum absolute atomic E-state index is 0.0557. The first-order valence-electron chi connectivity index (χ1n) is 8.57. The van der Waals surface area contributed by atoms with Gasteiger partial charge < -0.3 is 10.0 Å². The highest BCUT2D eigenvalue weighted by Crippen LogP contribution is 2.31. The molecule has 4 rings (SSSR count). The molecule has 0 radical (unpaired) electrons. The van der Waals surface area contributed by atoms with Crippen LogP contribution in [0.15, 0.2) is 54.7 Å². The van der Waals surface area contributed by atoms with Gasteiger partial charge in [0.1, 0.15) is 5.69 Å². The van der Waals surface area contributed by atoms with Crippen molar-refractivity contribution in [2.24, 2.45) is 7.05 Å². The maximum Gasteiger partial charge on any atom is 0.272 e. The second-order valence-corrected chi connectivity index (χ2v) is 6.66. The van der Waals surface area contributed by atoms with E-state index in [2.05, 4.69) is 35.4 Å². The van der Waals surface area contributed by atoms with Crippen LogP contribution in [-0.2, 0) is 7.05 Å². The van der Waals surface area contributed by atoms with Crippen LogP contribution in [0.25, 0.3) is 10.8 Å². The molecule has 25 heavy (non-hydrogen) atoms. The minimum Gasteiger partial charge on any atom is -0.391 e. The number of hydrogen-bond donors (Lipinski definition) is 1. The van der Waals surface area contributed by atoms with Crippen molar-refractivity contribution >= 4 is 16.7 Å². The van der Waals surface area contributed by atoms with E-state index in [0.29, 0.717) is 18.8 Å². The molecule has 5 heteroatoms. The molecule has 1 N–H and O–H groups in total. The Kier molecular flexibility index (Phi) is 4.01. The lowest BCUT2D eigenvalue weighted by Gasteiger charge is -2.36. The number of piperidine rings is 1. The molecule has 5 nitrogen and oxygen atoms in total. The Labute approximate surface area is 146 Å². The largest absolute Gasteiger partial charge is 0.391 e. The summed E-state index contributed by atoms with van der Waals surface area (Å²) in [6, 6.07) is 16.3. The van der Waals surface area contributed by atoms with E-state index in [0.717, 1.165) is 12.0 Å². The number of benzene rings is 2. The minimum atomic E-state index is -0.563. The molecule has 3 aromatic rings. The van der Waals surface area contributed by atoms with Crippen LogP contribution in [0.5, 0.6) is 0 Å². The Morgan fingerprint density at radius 2 is 1.96 bits per heavy atom. The maximum absolute atomic E-state index is 12.6. The molecule has 0 bridgehead atoms. The molecular formula is C20H21N3O2. The van der Waals surface area contributed by atoms with Crippen molar-refractivity contribution in [3.8, 4) is 0 Å². The summed E-state index contributed by atoms with van der Waals surface area (Å²) >= 11 is 0. The lowest BCUT2D eigenvalue weighted by Crippen LogP contribution is -2.46. The van der Waals surface area contributed by atoms with Crippen LogP contribution in [0.3, 0.4) is 0 Å². The molecule has 2 aromatic carbocycles. The summed E-state index contributed by atoms with van der Waals surface area (Å²) in [5, 5.41) is 17.1. The number of aliphatic hydroxyl groups is 1. The fourth-order valence-corrected chi connectivity index (χ4v) is 3.69. The molecule has 0 spiro atoms. The third kappa shape index (κ3) is 2.91. The van der Waals surface area contributed by atoms with Gasteiger partial charge in [0.05, 0.1) is 6.10 Å². The van der Waals surface area contributed by atoms with Gasteiger partial charge in [0.25, 0.3) is 5.91 Å². The fraction of sp³-hybridized carbons (Fsp3) is 0.300. The Hall–Kier alpha value is -2.66. The zero-order chi connectivity index (χ0) is 17.4. The summed E-state index contributed by atoms with van der Waals surface area (Å²) in [5.41, 5.74) is 1.69. The molecule has 1 amide bonds. The van der Waals surface area contributed by atoms with Crippen molar-refractivity contribution in [1.29, 1.82) is 0 Å². The number of hydrogen-bond acceptors (Lipinski definition) is 3. The lowest BCUT2D eigenvalue weighted by atomic mass is 9.86. The zero-order valence-electron chi connectivity index (χ0n) is 14.2. The third-order valence-electron chi connectivity index (χ3n) is 5.11. The van der Waals surface area contributed by atoms with E-state index in [1.54, 1.807) is 28.9 Å². The van der Waals surface area contributed by atoms with Crippen LogP contribution >= 0.6 is 0 Å². The van der Waals surface area contributed by atoms with Gasteiger partial charge in [-0.1, -0.05) is 42.5 Å². The van der Waals surface area contributed by atoms with Crippen LogP contribution in [0.1, 0.15) is 28.4 Å². The van der Waals surface area contributed by atoms with Crippen molar-refractivity contribution < 1.29 is 9.90 Å². The number of aryl methyl sites for hydroxylation is 1. The quantitative estimate of drug-likeness (QED) is 0.783. The number of amides is 1. The van der Waals surface area contributed by atoms with Crippen LogP contribution in [0.2, 0.25) is 0 Å². The number of carbonyl (C=O) groups excluding carboxylic acids is 1. The molecule has 1 aliphatic heterocycles. The van der Waals surface area contributed by atoms with E-state index in [1.807, 2.05) is 12.1 Å². The van der Waals surface area contributed by atoms with E-state index >= 15 is 0 Å². The third-order valence-corrected chi connectivity index (χ3v) is 5.11. The summed E-state index contributed by atoms with van der Waals surface area (Å²) in [6.45, 7) is 0.986. The highest BCUT2D eigenvalue weighted by atomic mass is 16.3. The highest BCUT2D eigenvalue weighted by Gasteiger charge is 2.32. The number of likely N-dealkylation sites (tertiary alicyclic amines) is 1. The Morgan fingerprint density at radius 3 is 2.68 bits per heavy atom. The average Bonchev–Trinajstić information content (AvgIpc) is 3.06. The second-order valence-electron chi connectivity index (χ2n) is 6.66. The van der Waals surface area contributed by atoms with Crippen LogP contribution in [-0.4, -0.2) is 44.9 Å². The van der Waals surface area contributed by atoms with Gasteiger partial charge in [0, 0.05) is 32.3 Å². The number of aliphatic hydroxyl groups excluding tert-OH is 1. The molecule has 1 saturated heterocycles. The Bertz CT molecular complexity index is 918. The molecule has 0 unspecified atom stereocenters. The first-order chi connectivity index (χ1) is 12.1. The lowest BCUT2D eigenvalue weighted by molar-refractivity contribution is 0.0374. The van der Waals surface area contributed by atoms with Crippen LogP contribution < -0.4 is 0 Å². The second kappa shape index (κ2) is 6.33. The van der Waals surface area contributed by atoms with Gasteiger partial charge >= 0.3 is 0 Å². The predicted octanol–water partition coefficient (Wildman–Crippen LogP) is 2.56. The molecule has 2 heterocycles. The topological polar surface area (TPSA) is 58.4 Å². The average molecular weight is 335 g/mol. The van der Waals surface area contributed by atoms with Crippen LogP contribution in [0, 0.1) is 0 Å². The fourth-order valence-electron chi connectivity index (χ4n) is 3.69. The first-order valence-corrected chi connectivity index (χ1v) is 8.57. The van der Waals surface area contributed by atoms with E-state index in [1.165, 1.54) is 10.8 Å². The van der Waals surface area contributed by atoms with Crippen molar-refractivity contribution in [1.82, 2.24) is 14.7 Å². The van der Waals surface area contributed by atoms with E-state index in [-0.39, 0.29) is 11.8 Å². The monoisotopic (exact) mass is 335 g/mol. The predicted molar refractivity (Wildman–Crippen MR) is 96.4 cm³/mol. The number of β-amino-alcohol motifs (C(OH)–C–C–N with tert-alkyl or cyclic N) is 1. The normalized spacial score (nSPS) is 20.8. The molecule has 2 atom stereocenters. The van der Waals surface area contributed by atoms with E-state index in [4.69, 9.17) is 0 Å². The summed E-state index contributed by atoms with van der Waals surface area (Å²) in [5.74, 6) is -0.0174. The maximum atomic E-state index is 12.6. The number of rotatable bonds is 2. The Morgan fingerprint density at radius 1 is 1.16 bits per heavy atom. The van der Waals surface area contributed by atoms with E-state index < -0.39 is 6.10 Å². The summed E-state index contributed by atoms with van der Waals surface area (Å²) in [6.07, 6.45) is 1.81. The summed E-state index contributed by atoms with van der Waals surface area (Å²) in [4.78, 5) is 14.3. The van der Waals surface area contributed by atoms with Gasteiger partial charge in [-0.25, -0.2) is 0 Å². The van der Waals surface area contributed by atoms with E-state index in [9.17, 15) is 9.90 Å². The molecule has 128 valence electrons. The smallest absolute Gasteiger partial charge is 0.272 e. The number of aromatic nitrogens is 2. The number of fused-ring (bicyclic) bond motifs is 1. The van der Waals surface area contributed by atoms with Crippen LogP contribution in [0.4, 0.5) is 0 Å². The highest BCUT2D eigenvalue weighted by molar-refractivity contribution is 5.92. The molecule has 0 aliphatic carbocycles. The molecule has 0 saturated carbocycles. The standard InChI is InChI=1S/C20H21N3O2/c1-22-18(8-10-21-22)20(25)23-11-9-17(19(24)13-23)16-7-6-14-4-2-3-5-15(14)12-16/h2-8,10,12,17,19,24H,9,11,13H2,1H3/t17-,19+/m0/s1. The zero-order valence-corrected chi connectivity index (χ0v) is 14.2. The van der Waals surface area contributed by atoms with Crippen molar-refractivity contribution in [2.75, 3.05) is 13.1 Å². The SMILES string of the molecule is Cn1nccc1C(=O)N1CC[C@@H](c2ccc3ccccc3c2)[C@H](O)C1. The van der Waals surface area contributed by atoms with Gasteiger partial charge in [0.2, 0.25) is 0 Å². The molecule has 1 aromatic heterocycles.